The second kappa shape index (κ2) is 11.4. The Morgan fingerprint density at radius 1 is 1.12 bits per heavy atom. The Labute approximate surface area is 106 Å². The Bertz CT molecular complexity index is 241. The van der Waals surface area contributed by atoms with Crippen LogP contribution in [0.25, 0.3) is 0 Å². The van der Waals surface area contributed by atoms with Crippen LogP contribution in [0.1, 0.15) is 65.2 Å². The van der Waals surface area contributed by atoms with Crippen molar-refractivity contribution in [1.82, 2.24) is 0 Å². The molecule has 0 aromatic carbocycles. The van der Waals surface area contributed by atoms with Crippen LogP contribution in [0.15, 0.2) is 24.5 Å². The van der Waals surface area contributed by atoms with E-state index in [1.165, 1.54) is 51.9 Å². The minimum absolute atomic E-state index is 0.310. The number of hydrogen-bond donors (Lipinski definition) is 0. The molecule has 0 aromatic rings. The number of ether oxygens (including phenoxy) is 1. The van der Waals surface area contributed by atoms with Crippen molar-refractivity contribution in [3.8, 4) is 0 Å². The molecule has 2 nitrogen and oxygen atoms in total. The summed E-state index contributed by atoms with van der Waals surface area (Å²) in [5, 5.41) is 0. The Balaban J connectivity index is 3.30. The lowest BCUT2D eigenvalue weighted by Crippen LogP contribution is -1.94. The summed E-state index contributed by atoms with van der Waals surface area (Å²) in [7, 11) is 0. The van der Waals surface area contributed by atoms with Gasteiger partial charge < -0.3 is 4.74 Å². The van der Waals surface area contributed by atoms with Crippen molar-refractivity contribution >= 4 is 5.97 Å². The highest BCUT2D eigenvalue weighted by Gasteiger charge is 1.93. The Morgan fingerprint density at radius 3 is 2.29 bits per heavy atom. The smallest absolute Gasteiger partial charge is 0.308 e. The van der Waals surface area contributed by atoms with Gasteiger partial charge in [0, 0.05) is 6.92 Å². The van der Waals surface area contributed by atoms with Gasteiger partial charge in [0.25, 0.3) is 0 Å². The van der Waals surface area contributed by atoms with Crippen LogP contribution < -0.4 is 0 Å². The van der Waals surface area contributed by atoms with Crippen LogP contribution in [0.2, 0.25) is 0 Å². The monoisotopic (exact) mass is 238 g/mol. The zero-order chi connectivity index (χ0) is 12.9. The van der Waals surface area contributed by atoms with Gasteiger partial charge in [-0.3, -0.25) is 4.79 Å². The summed E-state index contributed by atoms with van der Waals surface area (Å²) in [6.07, 6.45) is 14.1. The van der Waals surface area contributed by atoms with Crippen molar-refractivity contribution in [2.45, 2.75) is 65.2 Å². The lowest BCUT2D eigenvalue weighted by Gasteiger charge is -2.00. The van der Waals surface area contributed by atoms with E-state index in [0.717, 1.165) is 6.42 Å². The molecule has 0 saturated carbocycles. The summed E-state index contributed by atoms with van der Waals surface area (Å²) in [5.41, 5.74) is 0. The van der Waals surface area contributed by atoms with Crippen LogP contribution in [-0.4, -0.2) is 5.97 Å². The molecule has 0 spiro atoms. The second-order valence-corrected chi connectivity index (χ2v) is 4.37. The van der Waals surface area contributed by atoms with E-state index in [4.69, 9.17) is 4.74 Å². The van der Waals surface area contributed by atoms with Crippen molar-refractivity contribution in [2.75, 3.05) is 0 Å². The molecule has 0 bridgehead atoms. The van der Waals surface area contributed by atoms with Crippen LogP contribution >= 0.6 is 0 Å². The molecule has 98 valence electrons. The lowest BCUT2D eigenvalue weighted by atomic mass is 10.1. The molecule has 0 atom stereocenters. The maximum atomic E-state index is 10.6. The van der Waals surface area contributed by atoms with Gasteiger partial charge in [-0.2, -0.15) is 0 Å². The molecule has 0 aromatic heterocycles. The fourth-order valence-corrected chi connectivity index (χ4v) is 1.65. The van der Waals surface area contributed by atoms with E-state index < -0.39 is 0 Å². The maximum Gasteiger partial charge on any atom is 0.308 e. The Kier molecular flexibility index (Phi) is 10.7. The van der Waals surface area contributed by atoms with E-state index >= 15 is 0 Å². The van der Waals surface area contributed by atoms with Gasteiger partial charge in [0.1, 0.15) is 5.76 Å². The van der Waals surface area contributed by atoms with Crippen molar-refractivity contribution < 1.29 is 9.53 Å². The van der Waals surface area contributed by atoms with E-state index in [1.807, 2.05) is 6.08 Å². The summed E-state index contributed by atoms with van der Waals surface area (Å²) in [6.45, 7) is 7.25. The number of allylic oxidation sites excluding steroid dienone is 2. The van der Waals surface area contributed by atoms with Gasteiger partial charge in [-0.1, -0.05) is 58.1 Å². The predicted molar refractivity (Wildman–Crippen MR) is 72.7 cm³/mol. The number of hydrogen-bond acceptors (Lipinski definition) is 2. The number of carbonyl (C=O) groups is 1. The highest BCUT2D eigenvalue weighted by molar-refractivity contribution is 5.67. The van der Waals surface area contributed by atoms with Gasteiger partial charge >= 0.3 is 5.97 Å². The molecule has 2 heteroatoms. The highest BCUT2D eigenvalue weighted by atomic mass is 16.5. The third kappa shape index (κ3) is 12.9. The second-order valence-electron chi connectivity index (χ2n) is 4.37. The Hall–Kier alpha value is -1.05. The molecule has 0 aliphatic carbocycles. The third-order valence-corrected chi connectivity index (χ3v) is 2.55. The van der Waals surface area contributed by atoms with Crippen molar-refractivity contribution in [3.05, 3.63) is 24.5 Å². The summed E-state index contributed by atoms with van der Waals surface area (Å²) in [6, 6.07) is 0. The number of unbranched alkanes of at least 4 members (excludes halogenated alkanes) is 7. The number of carbonyl (C=O) groups excluding carboxylic acids is 1. The molecule has 0 fully saturated rings. The summed E-state index contributed by atoms with van der Waals surface area (Å²) >= 11 is 0. The average Bonchev–Trinajstić information content (AvgIpc) is 2.26. The molecule has 0 saturated heterocycles. The van der Waals surface area contributed by atoms with E-state index in [9.17, 15) is 4.79 Å². The number of esters is 1. The van der Waals surface area contributed by atoms with Gasteiger partial charge in [0.15, 0.2) is 0 Å². The quantitative estimate of drug-likeness (QED) is 0.237. The van der Waals surface area contributed by atoms with E-state index in [1.54, 1.807) is 6.08 Å². The molecule has 0 unspecified atom stereocenters. The van der Waals surface area contributed by atoms with Gasteiger partial charge in [-0.15, -0.1) is 0 Å². The molecule has 0 amide bonds. The first-order chi connectivity index (χ1) is 8.16. The molecule has 0 rings (SSSR count). The minimum Gasteiger partial charge on any atom is -0.427 e. The van der Waals surface area contributed by atoms with Gasteiger partial charge in [-0.25, -0.2) is 0 Å². The zero-order valence-electron chi connectivity index (χ0n) is 11.3. The molecule has 0 aliphatic heterocycles. The average molecular weight is 238 g/mol. The standard InChI is InChI=1S/C15H26O2/c1-4-5-6-7-8-9-10-11-12-13-14(2)17-15(3)16/h12-13H,2,4-11H2,1,3H3. The largest absolute Gasteiger partial charge is 0.427 e. The molecule has 0 heterocycles. The van der Waals surface area contributed by atoms with E-state index in [2.05, 4.69) is 13.5 Å². The van der Waals surface area contributed by atoms with Crippen molar-refractivity contribution in [2.24, 2.45) is 0 Å². The van der Waals surface area contributed by atoms with Crippen LogP contribution in [0.3, 0.4) is 0 Å². The van der Waals surface area contributed by atoms with Gasteiger partial charge in [0.2, 0.25) is 0 Å². The summed E-state index contributed by atoms with van der Waals surface area (Å²) in [5.74, 6) is 0.121. The first-order valence-electron chi connectivity index (χ1n) is 6.70. The highest BCUT2D eigenvalue weighted by Crippen LogP contribution is 2.09. The minimum atomic E-state index is -0.310. The molecular weight excluding hydrogens is 212 g/mol. The molecular formula is C15H26O2. The lowest BCUT2D eigenvalue weighted by molar-refractivity contribution is -0.136. The van der Waals surface area contributed by atoms with Crippen molar-refractivity contribution in [3.63, 3.8) is 0 Å². The Morgan fingerprint density at radius 2 is 1.71 bits per heavy atom. The maximum absolute atomic E-state index is 10.6. The van der Waals surface area contributed by atoms with Crippen molar-refractivity contribution in [1.29, 1.82) is 0 Å². The van der Waals surface area contributed by atoms with Crippen LogP contribution in [0, 0.1) is 0 Å². The van der Waals surface area contributed by atoms with Gasteiger partial charge in [0.05, 0.1) is 0 Å². The number of rotatable bonds is 10. The molecule has 0 N–H and O–H groups in total. The first-order valence-corrected chi connectivity index (χ1v) is 6.70. The fraction of sp³-hybridized carbons (Fsp3) is 0.667. The summed E-state index contributed by atoms with van der Waals surface area (Å²) < 4.78 is 4.80. The first kappa shape index (κ1) is 16.0. The molecule has 17 heavy (non-hydrogen) atoms. The molecule has 0 aliphatic rings. The fourth-order valence-electron chi connectivity index (χ4n) is 1.65. The van der Waals surface area contributed by atoms with Gasteiger partial charge in [-0.05, 0) is 18.9 Å². The van der Waals surface area contributed by atoms with E-state index in [-0.39, 0.29) is 5.97 Å². The third-order valence-electron chi connectivity index (χ3n) is 2.55. The van der Waals surface area contributed by atoms with Crippen LogP contribution in [0.5, 0.6) is 0 Å². The van der Waals surface area contributed by atoms with Crippen LogP contribution in [-0.2, 0) is 9.53 Å². The predicted octanol–water partition coefficient (Wildman–Crippen LogP) is 4.76. The molecule has 0 radical (unpaired) electrons. The van der Waals surface area contributed by atoms with Crippen LogP contribution in [0.4, 0.5) is 0 Å². The van der Waals surface area contributed by atoms with E-state index in [0.29, 0.717) is 5.76 Å². The topological polar surface area (TPSA) is 26.3 Å². The SMILES string of the molecule is C=C(C=CCCCCCCCCC)OC(C)=O. The normalized spacial score (nSPS) is 10.7. The summed E-state index contributed by atoms with van der Waals surface area (Å²) in [4.78, 5) is 10.6. The zero-order valence-corrected chi connectivity index (χ0v) is 11.3.